The van der Waals surface area contributed by atoms with Crippen LogP contribution in [0.2, 0.25) is 0 Å². The van der Waals surface area contributed by atoms with E-state index in [1.54, 1.807) is 43.5 Å². The normalized spacial score (nSPS) is 10.7. The summed E-state index contributed by atoms with van der Waals surface area (Å²) >= 11 is 1.98. The first kappa shape index (κ1) is 16.8. The van der Waals surface area contributed by atoms with Crippen molar-refractivity contribution in [3.63, 3.8) is 0 Å². The fourth-order valence-corrected chi connectivity index (χ4v) is 2.34. The molecule has 23 heavy (non-hydrogen) atoms. The summed E-state index contributed by atoms with van der Waals surface area (Å²) in [4.78, 5) is 12.2. The summed E-state index contributed by atoms with van der Waals surface area (Å²) in [6.45, 7) is 0. The second-order valence-electron chi connectivity index (χ2n) is 4.56. The SMILES string of the molecule is COc1ccc(NC(=O)/C(C#N)=C\c2ccc(O)c(I)c2)cc1. The molecule has 2 rings (SSSR count). The van der Waals surface area contributed by atoms with Crippen LogP contribution in [0.15, 0.2) is 48.0 Å². The number of ether oxygens (including phenoxy) is 1. The fraction of sp³-hybridized carbons (Fsp3) is 0.0588. The maximum atomic E-state index is 12.2. The van der Waals surface area contributed by atoms with E-state index in [1.807, 2.05) is 28.7 Å². The number of phenols is 1. The van der Waals surface area contributed by atoms with Gasteiger partial charge in [0.1, 0.15) is 23.1 Å². The van der Waals surface area contributed by atoms with Gasteiger partial charge >= 0.3 is 0 Å². The lowest BCUT2D eigenvalue weighted by Crippen LogP contribution is -2.13. The van der Waals surface area contributed by atoms with Gasteiger partial charge in [0.05, 0.1) is 10.7 Å². The highest BCUT2D eigenvalue weighted by Crippen LogP contribution is 2.22. The lowest BCUT2D eigenvalue weighted by Gasteiger charge is -2.06. The van der Waals surface area contributed by atoms with Crippen LogP contribution in [0.3, 0.4) is 0 Å². The van der Waals surface area contributed by atoms with Crippen LogP contribution in [0.25, 0.3) is 6.08 Å². The van der Waals surface area contributed by atoms with Crippen LogP contribution < -0.4 is 10.1 Å². The van der Waals surface area contributed by atoms with E-state index in [0.717, 1.165) is 0 Å². The number of nitrogens with zero attached hydrogens (tertiary/aromatic N) is 1. The molecule has 0 aliphatic rings. The minimum Gasteiger partial charge on any atom is -0.507 e. The van der Waals surface area contributed by atoms with Gasteiger partial charge in [-0.05, 0) is 70.6 Å². The molecule has 0 radical (unpaired) electrons. The number of benzene rings is 2. The van der Waals surface area contributed by atoms with Crippen LogP contribution in [-0.2, 0) is 4.79 Å². The second kappa shape index (κ2) is 7.65. The lowest BCUT2D eigenvalue weighted by atomic mass is 10.1. The summed E-state index contributed by atoms with van der Waals surface area (Å²) in [7, 11) is 1.56. The van der Waals surface area contributed by atoms with Gasteiger partial charge < -0.3 is 15.2 Å². The number of amides is 1. The van der Waals surface area contributed by atoms with Crippen LogP contribution in [-0.4, -0.2) is 18.1 Å². The molecule has 0 saturated carbocycles. The van der Waals surface area contributed by atoms with Crippen molar-refractivity contribution in [2.24, 2.45) is 0 Å². The van der Waals surface area contributed by atoms with E-state index in [2.05, 4.69) is 5.32 Å². The van der Waals surface area contributed by atoms with E-state index in [9.17, 15) is 15.2 Å². The highest BCUT2D eigenvalue weighted by Gasteiger charge is 2.10. The molecule has 0 aromatic heterocycles. The first-order valence-electron chi connectivity index (χ1n) is 6.59. The second-order valence-corrected chi connectivity index (χ2v) is 5.73. The van der Waals surface area contributed by atoms with Gasteiger partial charge in [0, 0.05) is 5.69 Å². The Morgan fingerprint density at radius 3 is 2.57 bits per heavy atom. The van der Waals surface area contributed by atoms with Gasteiger partial charge in [0.25, 0.3) is 5.91 Å². The number of anilines is 1. The number of phenolic OH excluding ortho intramolecular Hbond substituents is 1. The Labute approximate surface area is 147 Å². The number of nitriles is 1. The smallest absolute Gasteiger partial charge is 0.266 e. The summed E-state index contributed by atoms with van der Waals surface area (Å²) in [5, 5.41) is 21.3. The van der Waals surface area contributed by atoms with E-state index in [4.69, 9.17) is 4.74 Å². The zero-order valence-electron chi connectivity index (χ0n) is 12.2. The van der Waals surface area contributed by atoms with Gasteiger partial charge in [-0.2, -0.15) is 5.26 Å². The number of hydrogen-bond donors (Lipinski definition) is 2. The van der Waals surface area contributed by atoms with Crippen molar-refractivity contribution >= 4 is 40.3 Å². The maximum absolute atomic E-state index is 12.2. The van der Waals surface area contributed by atoms with Crippen molar-refractivity contribution < 1.29 is 14.6 Å². The molecule has 0 bridgehead atoms. The van der Waals surface area contributed by atoms with Crippen molar-refractivity contribution in [2.75, 3.05) is 12.4 Å². The van der Waals surface area contributed by atoms with Crippen LogP contribution >= 0.6 is 22.6 Å². The summed E-state index contributed by atoms with van der Waals surface area (Å²) in [5.74, 6) is 0.336. The first-order valence-corrected chi connectivity index (χ1v) is 7.67. The lowest BCUT2D eigenvalue weighted by molar-refractivity contribution is -0.112. The molecular formula is C17H13IN2O3. The van der Waals surface area contributed by atoms with Gasteiger partial charge in [-0.3, -0.25) is 4.79 Å². The molecule has 1 amide bonds. The number of carbonyl (C=O) groups is 1. The highest BCUT2D eigenvalue weighted by atomic mass is 127. The van der Waals surface area contributed by atoms with Gasteiger partial charge in [-0.15, -0.1) is 0 Å². The Hall–Kier alpha value is -2.53. The number of aromatic hydroxyl groups is 1. The summed E-state index contributed by atoms with van der Waals surface area (Å²) in [6, 6.07) is 13.5. The Morgan fingerprint density at radius 1 is 1.30 bits per heavy atom. The van der Waals surface area contributed by atoms with Gasteiger partial charge in [0.15, 0.2) is 0 Å². The van der Waals surface area contributed by atoms with Gasteiger partial charge in [-0.25, -0.2) is 0 Å². The van der Waals surface area contributed by atoms with Crippen molar-refractivity contribution in [1.82, 2.24) is 0 Å². The van der Waals surface area contributed by atoms with Crippen molar-refractivity contribution in [3.8, 4) is 17.6 Å². The van der Waals surface area contributed by atoms with E-state index in [1.165, 1.54) is 12.1 Å². The van der Waals surface area contributed by atoms with Crippen molar-refractivity contribution in [2.45, 2.75) is 0 Å². The molecule has 2 N–H and O–H groups in total. The quantitative estimate of drug-likeness (QED) is 0.450. The molecule has 0 atom stereocenters. The zero-order chi connectivity index (χ0) is 16.8. The largest absolute Gasteiger partial charge is 0.507 e. The molecular weight excluding hydrogens is 407 g/mol. The molecule has 0 aliphatic heterocycles. The van der Waals surface area contributed by atoms with Crippen molar-refractivity contribution in [3.05, 3.63) is 57.2 Å². The zero-order valence-corrected chi connectivity index (χ0v) is 14.4. The summed E-state index contributed by atoms with van der Waals surface area (Å²) in [6.07, 6.45) is 1.47. The van der Waals surface area contributed by atoms with E-state index in [0.29, 0.717) is 20.6 Å². The maximum Gasteiger partial charge on any atom is 0.266 e. The molecule has 0 spiro atoms. The predicted molar refractivity (Wildman–Crippen MR) is 96.0 cm³/mol. The third-order valence-corrected chi connectivity index (χ3v) is 3.86. The Bertz CT molecular complexity index is 792. The van der Waals surface area contributed by atoms with E-state index >= 15 is 0 Å². The summed E-state index contributed by atoms with van der Waals surface area (Å²) in [5.41, 5.74) is 1.20. The fourth-order valence-electron chi connectivity index (χ4n) is 1.80. The topological polar surface area (TPSA) is 82.3 Å². The van der Waals surface area contributed by atoms with E-state index < -0.39 is 5.91 Å². The van der Waals surface area contributed by atoms with Crippen molar-refractivity contribution in [1.29, 1.82) is 5.26 Å². The number of hydrogen-bond acceptors (Lipinski definition) is 4. The number of halogens is 1. The standard InChI is InChI=1S/C17H13IN2O3/c1-23-14-5-3-13(4-6-14)20-17(22)12(10-19)8-11-2-7-16(21)15(18)9-11/h2-9,21H,1H3,(H,20,22)/b12-8-. The highest BCUT2D eigenvalue weighted by molar-refractivity contribution is 14.1. The molecule has 6 heteroatoms. The monoisotopic (exact) mass is 420 g/mol. The van der Waals surface area contributed by atoms with Crippen LogP contribution in [0.1, 0.15) is 5.56 Å². The molecule has 0 heterocycles. The third kappa shape index (κ3) is 4.47. The van der Waals surface area contributed by atoms with Gasteiger partial charge in [0.2, 0.25) is 0 Å². The Balaban J connectivity index is 2.18. The molecule has 2 aromatic rings. The Morgan fingerprint density at radius 2 is 2.00 bits per heavy atom. The molecule has 116 valence electrons. The number of nitrogens with one attached hydrogen (secondary N) is 1. The first-order chi connectivity index (χ1) is 11.0. The number of methoxy groups -OCH3 is 1. The van der Waals surface area contributed by atoms with Crippen LogP contribution in [0.4, 0.5) is 5.69 Å². The average molecular weight is 420 g/mol. The molecule has 0 fully saturated rings. The number of carbonyl (C=O) groups excluding carboxylic acids is 1. The van der Waals surface area contributed by atoms with E-state index in [-0.39, 0.29) is 11.3 Å². The number of rotatable bonds is 4. The molecule has 0 saturated heterocycles. The average Bonchev–Trinajstić information content (AvgIpc) is 2.56. The Kier molecular flexibility index (Phi) is 5.60. The molecule has 0 aliphatic carbocycles. The minimum absolute atomic E-state index is 0.0256. The summed E-state index contributed by atoms with van der Waals surface area (Å²) < 4.78 is 5.69. The molecule has 2 aromatic carbocycles. The van der Waals surface area contributed by atoms with Crippen LogP contribution in [0.5, 0.6) is 11.5 Å². The third-order valence-electron chi connectivity index (χ3n) is 3.00. The predicted octanol–water partition coefficient (Wildman–Crippen LogP) is 3.55. The molecule has 0 unspecified atom stereocenters. The minimum atomic E-state index is -0.499. The molecule has 5 nitrogen and oxygen atoms in total. The van der Waals surface area contributed by atoms with Crippen LogP contribution in [0, 0.1) is 14.9 Å². The van der Waals surface area contributed by atoms with Gasteiger partial charge in [-0.1, -0.05) is 6.07 Å².